The molecular weight excluding hydrogens is 112 g/mol. The first-order valence-corrected chi connectivity index (χ1v) is 3.16. The molecule has 1 nitrogen and oxygen atoms in total. The van der Waals surface area contributed by atoms with E-state index < -0.39 is 0 Å². The van der Waals surface area contributed by atoms with Gasteiger partial charge in [-0.2, -0.15) is 0 Å². The first kappa shape index (κ1) is 6.27. The van der Waals surface area contributed by atoms with Crippen LogP contribution in [0.5, 0.6) is 0 Å². The lowest BCUT2D eigenvalue weighted by atomic mass is 10.0. The third-order valence-electron chi connectivity index (χ3n) is 1.56. The lowest BCUT2D eigenvalue weighted by Crippen LogP contribution is -2.04. The van der Waals surface area contributed by atoms with E-state index in [0.717, 1.165) is 12.8 Å². The standard InChI is InChI=1S/C8H10O/c1-2-4-7-5-3-6-8(7)9/h2-3,6-7H,1,4-5H2/t7-/m1/s1. The van der Waals surface area contributed by atoms with Crippen molar-refractivity contribution < 1.29 is 4.79 Å². The van der Waals surface area contributed by atoms with Crippen molar-refractivity contribution >= 4 is 5.78 Å². The highest BCUT2D eigenvalue weighted by Crippen LogP contribution is 2.17. The number of ketones is 1. The van der Waals surface area contributed by atoms with Crippen LogP contribution >= 0.6 is 0 Å². The largest absolute Gasteiger partial charge is 0.295 e. The average Bonchev–Trinajstić information content (AvgIpc) is 2.18. The first-order valence-electron chi connectivity index (χ1n) is 3.16. The number of carbonyl (C=O) groups is 1. The van der Waals surface area contributed by atoms with Gasteiger partial charge in [-0.25, -0.2) is 0 Å². The predicted molar refractivity (Wildman–Crippen MR) is 37.1 cm³/mol. The van der Waals surface area contributed by atoms with E-state index in [1.807, 2.05) is 6.08 Å². The third kappa shape index (κ3) is 1.28. The molecule has 0 saturated carbocycles. The van der Waals surface area contributed by atoms with Crippen LogP contribution in [-0.2, 0) is 4.79 Å². The van der Waals surface area contributed by atoms with E-state index >= 15 is 0 Å². The van der Waals surface area contributed by atoms with Crippen LogP contribution in [-0.4, -0.2) is 5.78 Å². The summed E-state index contributed by atoms with van der Waals surface area (Å²) in [6.07, 6.45) is 7.12. The summed E-state index contributed by atoms with van der Waals surface area (Å²) >= 11 is 0. The molecule has 0 heterocycles. The quantitative estimate of drug-likeness (QED) is 0.509. The van der Waals surface area contributed by atoms with E-state index in [0.29, 0.717) is 0 Å². The smallest absolute Gasteiger partial charge is 0.159 e. The molecule has 0 radical (unpaired) electrons. The highest BCUT2D eigenvalue weighted by molar-refractivity contribution is 5.94. The lowest BCUT2D eigenvalue weighted by Gasteiger charge is -2.00. The van der Waals surface area contributed by atoms with Crippen LogP contribution < -0.4 is 0 Å². The SMILES string of the molecule is C=CC[C@@H]1CC=CC1=O. The molecular formula is C8H10O. The van der Waals surface area contributed by atoms with Gasteiger partial charge < -0.3 is 0 Å². The van der Waals surface area contributed by atoms with E-state index in [4.69, 9.17) is 0 Å². The van der Waals surface area contributed by atoms with E-state index in [1.54, 1.807) is 12.2 Å². The van der Waals surface area contributed by atoms with Gasteiger partial charge in [0.2, 0.25) is 0 Å². The maximum Gasteiger partial charge on any atom is 0.159 e. The zero-order chi connectivity index (χ0) is 6.69. The maximum absolute atomic E-state index is 10.8. The minimum Gasteiger partial charge on any atom is -0.295 e. The molecule has 0 saturated heterocycles. The molecule has 0 fully saturated rings. The summed E-state index contributed by atoms with van der Waals surface area (Å²) in [6.45, 7) is 3.58. The van der Waals surface area contributed by atoms with Crippen LogP contribution in [0.4, 0.5) is 0 Å². The summed E-state index contributed by atoms with van der Waals surface area (Å²) in [5, 5.41) is 0. The minimum absolute atomic E-state index is 0.211. The molecule has 48 valence electrons. The van der Waals surface area contributed by atoms with Crippen molar-refractivity contribution in [2.45, 2.75) is 12.8 Å². The van der Waals surface area contributed by atoms with Gasteiger partial charge in [0.1, 0.15) is 0 Å². The highest BCUT2D eigenvalue weighted by atomic mass is 16.1. The van der Waals surface area contributed by atoms with Crippen molar-refractivity contribution in [3.05, 3.63) is 24.8 Å². The van der Waals surface area contributed by atoms with E-state index in [2.05, 4.69) is 6.58 Å². The van der Waals surface area contributed by atoms with Gasteiger partial charge in [-0.05, 0) is 18.9 Å². The summed E-state index contributed by atoms with van der Waals surface area (Å²) < 4.78 is 0. The number of hydrogen-bond donors (Lipinski definition) is 0. The maximum atomic E-state index is 10.8. The van der Waals surface area contributed by atoms with Crippen molar-refractivity contribution in [1.82, 2.24) is 0 Å². The van der Waals surface area contributed by atoms with Crippen molar-refractivity contribution in [3.8, 4) is 0 Å². The Morgan fingerprint density at radius 1 is 1.89 bits per heavy atom. The molecule has 0 N–H and O–H groups in total. The molecule has 0 aliphatic heterocycles. The molecule has 1 aliphatic rings. The Kier molecular flexibility index (Phi) is 1.83. The molecule has 1 atom stereocenters. The van der Waals surface area contributed by atoms with Crippen LogP contribution in [0.2, 0.25) is 0 Å². The average molecular weight is 122 g/mol. The van der Waals surface area contributed by atoms with Crippen molar-refractivity contribution in [2.75, 3.05) is 0 Å². The predicted octanol–water partition coefficient (Wildman–Crippen LogP) is 1.71. The Bertz CT molecular complexity index is 156. The Morgan fingerprint density at radius 3 is 3.11 bits per heavy atom. The molecule has 9 heavy (non-hydrogen) atoms. The Balaban J connectivity index is 2.45. The molecule has 0 aromatic carbocycles. The lowest BCUT2D eigenvalue weighted by molar-refractivity contribution is -0.117. The summed E-state index contributed by atoms with van der Waals surface area (Å²) in [7, 11) is 0. The summed E-state index contributed by atoms with van der Waals surface area (Å²) in [4.78, 5) is 10.8. The fourth-order valence-corrected chi connectivity index (χ4v) is 1.01. The van der Waals surface area contributed by atoms with Gasteiger partial charge in [-0.3, -0.25) is 4.79 Å². The molecule has 1 heteroatoms. The molecule has 0 spiro atoms. The van der Waals surface area contributed by atoms with Gasteiger partial charge in [-0.1, -0.05) is 12.2 Å². The summed E-state index contributed by atoms with van der Waals surface area (Å²) in [5.41, 5.74) is 0. The topological polar surface area (TPSA) is 17.1 Å². The van der Waals surface area contributed by atoms with Gasteiger partial charge in [0, 0.05) is 5.92 Å². The molecule has 1 rings (SSSR count). The first-order chi connectivity index (χ1) is 4.34. The third-order valence-corrected chi connectivity index (χ3v) is 1.56. The number of allylic oxidation sites excluding steroid dienone is 3. The van der Waals surface area contributed by atoms with Crippen LogP contribution in [0.3, 0.4) is 0 Å². The van der Waals surface area contributed by atoms with Crippen molar-refractivity contribution in [2.24, 2.45) is 5.92 Å². The fourth-order valence-electron chi connectivity index (χ4n) is 1.01. The van der Waals surface area contributed by atoms with E-state index in [1.165, 1.54) is 0 Å². The Hall–Kier alpha value is -0.850. The van der Waals surface area contributed by atoms with Gasteiger partial charge in [-0.15, -0.1) is 6.58 Å². The van der Waals surface area contributed by atoms with Crippen LogP contribution in [0.1, 0.15) is 12.8 Å². The van der Waals surface area contributed by atoms with Crippen LogP contribution in [0, 0.1) is 5.92 Å². The Morgan fingerprint density at radius 2 is 2.67 bits per heavy atom. The van der Waals surface area contributed by atoms with Gasteiger partial charge in [0.15, 0.2) is 5.78 Å². The van der Waals surface area contributed by atoms with E-state index in [9.17, 15) is 4.79 Å². The van der Waals surface area contributed by atoms with Crippen molar-refractivity contribution in [3.63, 3.8) is 0 Å². The highest BCUT2D eigenvalue weighted by Gasteiger charge is 2.16. The van der Waals surface area contributed by atoms with Crippen LogP contribution in [0.15, 0.2) is 24.8 Å². The van der Waals surface area contributed by atoms with Crippen molar-refractivity contribution in [1.29, 1.82) is 0 Å². The second-order valence-electron chi connectivity index (χ2n) is 2.26. The van der Waals surface area contributed by atoms with Gasteiger partial charge in [0.05, 0.1) is 0 Å². The normalized spacial score (nSPS) is 24.9. The number of hydrogen-bond acceptors (Lipinski definition) is 1. The number of rotatable bonds is 2. The minimum atomic E-state index is 0.211. The second-order valence-corrected chi connectivity index (χ2v) is 2.26. The molecule has 0 amide bonds. The second kappa shape index (κ2) is 2.62. The Labute approximate surface area is 55.1 Å². The molecule has 0 bridgehead atoms. The van der Waals surface area contributed by atoms with Gasteiger partial charge >= 0.3 is 0 Å². The van der Waals surface area contributed by atoms with E-state index in [-0.39, 0.29) is 11.7 Å². The molecule has 0 unspecified atom stereocenters. The molecule has 0 aromatic heterocycles. The molecule has 1 aliphatic carbocycles. The fraction of sp³-hybridized carbons (Fsp3) is 0.375. The number of carbonyl (C=O) groups excluding carboxylic acids is 1. The molecule has 0 aromatic rings. The zero-order valence-electron chi connectivity index (χ0n) is 5.34. The monoisotopic (exact) mass is 122 g/mol. The van der Waals surface area contributed by atoms with Gasteiger partial charge in [0.25, 0.3) is 0 Å². The zero-order valence-corrected chi connectivity index (χ0v) is 5.34. The summed E-state index contributed by atoms with van der Waals surface area (Å²) in [5.74, 6) is 0.470. The van der Waals surface area contributed by atoms with Crippen LogP contribution in [0.25, 0.3) is 0 Å². The summed E-state index contributed by atoms with van der Waals surface area (Å²) in [6, 6.07) is 0.